The molecule has 2 bridgehead atoms. The summed E-state index contributed by atoms with van der Waals surface area (Å²) >= 11 is 0. The van der Waals surface area contributed by atoms with E-state index in [2.05, 4.69) is 24.8 Å². The minimum atomic E-state index is -4.60. The van der Waals surface area contributed by atoms with Crippen LogP contribution in [0.25, 0.3) is 23.0 Å². The molecule has 3 heterocycles. The van der Waals surface area contributed by atoms with Gasteiger partial charge < -0.3 is 4.52 Å². The number of benzene rings is 1. The molecule has 1 N–H and O–H groups in total. The van der Waals surface area contributed by atoms with Gasteiger partial charge in [0.15, 0.2) is 0 Å². The standard InChI is InChI=1S/C22H21F3N6O3S/c23-22(24,25)12-31-11-21(30-35(31,32)33)16-3-4-17(21)9-15-7-14(2-1-13(15)8-16)20-28-19(29-34-20)18-10-26-5-6-27-18/h1-2,5-7,10,16-17,30H,3-4,8-9,11-12H2/t16-,17+,21+/m0/s1. The fraction of sp³-hybridized carbons (Fsp3) is 0.455. The van der Waals surface area contributed by atoms with Gasteiger partial charge in [-0.3, -0.25) is 4.98 Å². The normalized spacial score (nSPS) is 27.7. The number of alkyl halides is 3. The van der Waals surface area contributed by atoms with Crippen molar-refractivity contribution in [2.24, 2.45) is 11.8 Å². The smallest absolute Gasteiger partial charge is 0.334 e. The highest BCUT2D eigenvalue weighted by molar-refractivity contribution is 7.87. The molecule has 1 saturated carbocycles. The van der Waals surface area contributed by atoms with Crippen LogP contribution >= 0.6 is 0 Å². The molecule has 3 atom stereocenters. The van der Waals surface area contributed by atoms with Crippen LogP contribution in [0, 0.1) is 11.8 Å². The van der Waals surface area contributed by atoms with E-state index in [1.807, 2.05) is 18.2 Å². The number of fused-ring (bicyclic) bond motifs is 1. The van der Waals surface area contributed by atoms with Crippen LogP contribution in [0.15, 0.2) is 41.3 Å². The first-order valence-electron chi connectivity index (χ1n) is 11.2. The Hall–Kier alpha value is -2.90. The van der Waals surface area contributed by atoms with E-state index < -0.39 is 28.5 Å². The maximum absolute atomic E-state index is 13.1. The van der Waals surface area contributed by atoms with E-state index in [0.717, 1.165) is 24.0 Å². The Kier molecular flexibility index (Phi) is 5.03. The molecule has 1 aromatic carbocycles. The van der Waals surface area contributed by atoms with E-state index >= 15 is 0 Å². The monoisotopic (exact) mass is 506 g/mol. The van der Waals surface area contributed by atoms with Crippen LogP contribution in [0.4, 0.5) is 13.2 Å². The van der Waals surface area contributed by atoms with Gasteiger partial charge in [0.25, 0.3) is 16.1 Å². The summed E-state index contributed by atoms with van der Waals surface area (Å²) in [7, 11) is -4.21. The predicted molar refractivity (Wildman–Crippen MR) is 117 cm³/mol. The van der Waals surface area contributed by atoms with E-state index in [0.29, 0.717) is 40.1 Å². The van der Waals surface area contributed by atoms with Gasteiger partial charge in [0.05, 0.1) is 11.7 Å². The van der Waals surface area contributed by atoms with E-state index in [4.69, 9.17) is 4.52 Å². The van der Waals surface area contributed by atoms with Gasteiger partial charge in [0.2, 0.25) is 5.82 Å². The van der Waals surface area contributed by atoms with E-state index in [9.17, 15) is 21.6 Å². The second-order valence-corrected chi connectivity index (χ2v) is 11.1. The van der Waals surface area contributed by atoms with Crippen molar-refractivity contribution < 1.29 is 26.1 Å². The van der Waals surface area contributed by atoms with E-state index in [-0.39, 0.29) is 18.4 Å². The minimum Gasteiger partial charge on any atom is -0.334 e. The summed E-state index contributed by atoms with van der Waals surface area (Å²) < 4.78 is 73.2. The summed E-state index contributed by atoms with van der Waals surface area (Å²) in [6.45, 7) is -1.65. The molecule has 2 fully saturated rings. The summed E-state index contributed by atoms with van der Waals surface area (Å²) in [5, 5.41) is 3.98. The molecule has 2 aromatic heterocycles. The van der Waals surface area contributed by atoms with Crippen LogP contribution in [-0.4, -0.2) is 57.6 Å². The van der Waals surface area contributed by atoms with Gasteiger partial charge >= 0.3 is 6.18 Å². The van der Waals surface area contributed by atoms with Crippen LogP contribution in [0.2, 0.25) is 0 Å². The van der Waals surface area contributed by atoms with Gasteiger partial charge in [-0.05, 0) is 60.8 Å². The zero-order chi connectivity index (χ0) is 24.4. The number of rotatable bonds is 3. The fourth-order valence-electron chi connectivity index (χ4n) is 5.84. The van der Waals surface area contributed by atoms with Gasteiger partial charge in [-0.2, -0.15) is 35.6 Å². The number of hydrogen-bond donors (Lipinski definition) is 1. The number of hydrogen-bond acceptors (Lipinski definition) is 7. The lowest BCUT2D eigenvalue weighted by atomic mass is 9.79. The first-order valence-corrected chi connectivity index (χ1v) is 12.6. The maximum atomic E-state index is 13.1. The zero-order valence-electron chi connectivity index (χ0n) is 18.4. The van der Waals surface area contributed by atoms with Crippen molar-refractivity contribution in [2.45, 2.75) is 37.4 Å². The largest absolute Gasteiger partial charge is 0.402 e. The molecule has 9 nitrogen and oxygen atoms in total. The lowest BCUT2D eigenvalue weighted by molar-refractivity contribution is -0.136. The summed E-state index contributed by atoms with van der Waals surface area (Å²) in [4.78, 5) is 12.6. The lowest BCUT2D eigenvalue weighted by Gasteiger charge is -2.33. The maximum Gasteiger partial charge on any atom is 0.402 e. The zero-order valence-corrected chi connectivity index (χ0v) is 19.2. The van der Waals surface area contributed by atoms with E-state index in [1.165, 1.54) is 12.4 Å². The average molecular weight is 507 g/mol. The Morgan fingerprint density at radius 1 is 1.14 bits per heavy atom. The van der Waals surface area contributed by atoms with Crippen LogP contribution in [0.5, 0.6) is 0 Å². The second-order valence-electron chi connectivity index (χ2n) is 9.41. The highest BCUT2D eigenvalue weighted by Gasteiger charge is 2.60. The van der Waals surface area contributed by atoms with Crippen LogP contribution in [0.1, 0.15) is 24.0 Å². The quantitative estimate of drug-likeness (QED) is 0.581. The summed E-state index contributed by atoms with van der Waals surface area (Å²) in [6, 6.07) is 5.78. The Balaban J connectivity index is 1.30. The first kappa shape index (κ1) is 22.6. The molecule has 0 amide bonds. The average Bonchev–Trinajstić information content (AvgIpc) is 3.43. The molecule has 1 spiro atoms. The van der Waals surface area contributed by atoms with E-state index in [1.54, 1.807) is 6.20 Å². The molecular formula is C22H21F3N6O3S. The predicted octanol–water partition coefficient (Wildman–Crippen LogP) is 2.77. The Morgan fingerprint density at radius 2 is 1.91 bits per heavy atom. The van der Waals surface area contributed by atoms with Crippen LogP contribution in [-0.2, 0) is 23.1 Å². The molecule has 13 heteroatoms. The van der Waals surface area contributed by atoms with Crippen molar-refractivity contribution in [1.29, 1.82) is 0 Å². The van der Waals surface area contributed by atoms with Gasteiger partial charge in [-0.15, -0.1) is 0 Å². The second kappa shape index (κ2) is 7.80. The van der Waals surface area contributed by atoms with Crippen molar-refractivity contribution in [3.63, 3.8) is 0 Å². The topological polar surface area (TPSA) is 114 Å². The Morgan fingerprint density at radius 3 is 2.63 bits per heavy atom. The molecule has 1 aliphatic heterocycles. The van der Waals surface area contributed by atoms with Crippen LogP contribution < -0.4 is 4.72 Å². The van der Waals surface area contributed by atoms with Crippen molar-refractivity contribution in [3.8, 4) is 23.0 Å². The number of nitrogens with one attached hydrogen (secondary N) is 1. The van der Waals surface area contributed by atoms with Gasteiger partial charge in [-0.25, -0.2) is 4.98 Å². The molecule has 184 valence electrons. The molecule has 35 heavy (non-hydrogen) atoms. The molecule has 1 saturated heterocycles. The number of halogens is 3. The Bertz CT molecular complexity index is 1380. The first-order chi connectivity index (χ1) is 16.6. The minimum absolute atomic E-state index is 0.0840. The van der Waals surface area contributed by atoms with Crippen molar-refractivity contribution in [3.05, 3.63) is 47.9 Å². The third-order valence-electron chi connectivity index (χ3n) is 7.38. The fourth-order valence-corrected chi connectivity index (χ4v) is 7.54. The molecule has 3 aromatic rings. The van der Waals surface area contributed by atoms with Gasteiger partial charge in [-0.1, -0.05) is 11.2 Å². The highest BCUT2D eigenvalue weighted by atomic mass is 32.2. The summed E-state index contributed by atoms with van der Waals surface area (Å²) in [5.41, 5.74) is 2.36. The summed E-state index contributed by atoms with van der Waals surface area (Å²) in [5.74, 6) is 0.427. The molecule has 3 aliphatic rings. The molecule has 0 unspecified atom stereocenters. The van der Waals surface area contributed by atoms with Crippen molar-refractivity contribution in [2.75, 3.05) is 13.1 Å². The summed E-state index contributed by atoms with van der Waals surface area (Å²) in [6.07, 6.45) is 2.66. The molecule has 2 aliphatic carbocycles. The highest BCUT2D eigenvalue weighted by Crippen LogP contribution is 2.50. The van der Waals surface area contributed by atoms with Crippen molar-refractivity contribution >= 4 is 10.2 Å². The molecular weight excluding hydrogens is 485 g/mol. The molecule has 6 rings (SSSR count). The third-order valence-corrected chi connectivity index (χ3v) is 8.95. The number of aromatic nitrogens is 4. The lowest BCUT2D eigenvalue weighted by Crippen LogP contribution is -2.52. The molecule has 0 radical (unpaired) electrons. The third kappa shape index (κ3) is 3.91. The van der Waals surface area contributed by atoms with Gasteiger partial charge in [0.1, 0.15) is 12.2 Å². The SMILES string of the molecule is O=S1(=O)N[C@@]2(CN1CC(F)(F)F)[C@@H]1CC[C@H]2Cc2ccc(-c3nc(-c4cnccn4)no3)cc2C1. The number of nitrogens with zero attached hydrogens (tertiary/aromatic N) is 5. The van der Waals surface area contributed by atoms with Gasteiger partial charge in [0, 0.05) is 24.5 Å². The Labute approximate surface area is 199 Å². The van der Waals surface area contributed by atoms with Crippen molar-refractivity contribution in [1.82, 2.24) is 29.1 Å². The van der Waals surface area contributed by atoms with Crippen LogP contribution in [0.3, 0.4) is 0 Å².